The molecule has 1 aromatic heterocycles. The first-order valence-electron chi connectivity index (χ1n) is 8.11. The highest BCUT2D eigenvalue weighted by Crippen LogP contribution is 2.27. The van der Waals surface area contributed by atoms with E-state index in [0.717, 1.165) is 5.56 Å². The number of benzene rings is 2. The maximum absolute atomic E-state index is 13.0. The van der Waals surface area contributed by atoms with Gasteiger partial charge in [0.1, 0.15) is 5.75 Å². The van der Waals surface area contributed by atoms with Gasteiger partial charge in [-0.1, -0.05) is 30.3 Å². The Labute approximate surface area is 151 Å². The summed E-state index contributed by atoms with van der Waals surface area (Å²) >= 11 is 0. The predicted molar refractivity (Wildman–Crippen MR) is 100 cm³/mol. The standard InChI is InChI=1S/C21H19NO4/c1-14-19(15-7-5-4-6-8-15)18(21(24)26-3)13-22(20(14)23)16-9-11-17(25-2)12-10-16/h4-13H,1-3H3. The lowest BCUT2D eigenvalue weighted by molar-refractivity contribution is 0.0600. The maximum atomic E-state index is 13.0. The van der Waals surface area contributed by atoms with E-state index in [4.69, 9.17) is 9.47 Å². The van der Waals surface area contributed by atoms with Crippen molar-refractivity contribution in [3.05, 3.63) is 82.3 Å². The second-order valence-corrected chi connectivity index (χ2v) is 5.77. The zero-order valence-corrected chi connectivity index (χ0v) is 14.9. The van der Waals surface area contributed by atoms with E-state index >= 15 is 0 Å². The first kappa shape index (κ1) is 17.5. The van der Waals surface area contributed by atoms with Crippen LogP contribution in [0.25, 0.3) is 16.8 Å². The van der Waals surface area contributed by atoms with Crippen molar-refractivity contribution in [3.8, 4) is 22.6 Å². The molecule has 0 aliphatic rings. The average Bonchev–Trinajstić information content (AvgIpc) is 2.70. The molecular formula is C21H19NO4. The number of nitrogens with zero attached hydrogens (tertiary/aromatic N) is 1. The second kappa shape index (κ2) is 7.27. The van der Waals surface area contributed by atoms with Gasteiger partial charge in [0.2, 0.25) is 0 Å². The molecule has 132 valence electrons. The summed E-state index contributed by atoms with van der Waals surface area (Å²) < 4.78 is 11.6. The van der Waals surface area contributed by atoms with Crippen LogP contribution in [0.3, 0.4) is 0 Å². The van der Waals surface area contributed by atoms with Gasteiger partial charge in [0, 0.05) is 23.0 Å². The Morgan fingerprint density at radius 3 is 2.19 bits per heavy atom. The van der Waals surface area contributed by atoms with Crippen LogP contribution in [-0.2, 0) is 4.74 Å². The quantitative estimate of drug-likeness (QED) is 0.675. The van der Waals surface area contributed by atoms with Gasteiger partial charge in [-0.2, -0.15) is 0 Å². The number of rotatable bonds is 4. The fraction of sp³-hybridized carbons (Fsp3) is 0.143. The Balaban J connectivity index is 2.27. The van der Waals surface area contributed by atoms with Gasteiger partial charge < -0.3 is 9.47 Å². The van der Waals surface area contributed by atoms with Gasteiger partial charge in [0.15, 0.2) is 0 Å². The zero-order chi connectivity index (χ0) is 18.7. The molecule has 0 saturated carbocycles. The molecule has 0 atom stereocenters. The monoisotopic (exact) mass is 349 g/mol. The number of methoxy groups -OCH3 is 2. The fourth-order valence-electron chi connectivity index (χ4n) is 2.92. The van der Waals surface area contributed by atoms with Gasteiger partial charge in [-0.15, -0.1) is 0 Å². The lowest BCUT2D eigenvalue weighted by atomic mass is 9.97. The molecule has 0 unspecified atom stereocenters. The first-order chi connectivity index (χ1) is 12.6. The highest BCUT2D eigenvalue weighted by atomic mass is 16.5. The van der Waals surface area contributed by atoms with Gasteiger partial charge in [0.25, 0.3) is 5.56 Å². The van der Waals surface area contributed by atoms with E-state index in [-0.39, 0.29) is 5.56 Å². The van der Waals surface area contributed by atoms with E-state index in [1.165, 1.54) is 17.9 Å². The Bertz CT molecular complexity index is 989. The Kier molecular flexibility index (Phi) is 4.89. The van der Waals surface area contributed by atoms with Gasteiger partial charge in [-0.25, -0.2) is 4.79 Å². The van der Waals surface area contributed by atoms with Crippen molar-refractivity contribution in [3.63, 3.8) is 0 Å². The molecule has 0 radical (unpaired) electrons. The SMILES string of the molecule is COC(=O)c1cn(-c2ccc(OC)cc2)c(=O)c(C)c1-c1ccccc1. The van der Waals surface area contributed by atoms with Crippen molar-refractivity contribution < 1.29 is 14.3 Å². The van der Waals surface area contributed by atoms with Gasteiger partial charge in [0.05, 0.1) is 19.8 Å². The van der Waals surface area contributed by atoms with Crippen molar-refractivity contribution >= 4 is 5.97 Å². The third-order valence-electron chi connectivity index (χ3n) is 4.26. The van der Waals surface area contributed by atoms with E-state index in [2.05, 4.69) is 0 Å². The van der Waals surface area contributed by atoms with E-state index in [1.54, 1.807) is 38.3 Å². The minimum atomic E-state index is -0.491. The summed E-state index contributed by atoms with van der Waals surface area (Å²) in [6.07, 6.45) is 1.53. The fourth-order valence-corrected chi connectivity index (χ4v) is 2.92. The molecule has 3 aromatic rings. The molecule has 0 bridgehead atoms. The molecule has 26 heavy (non-hydrogen) atoms. The van der Waals surface area contributed by atoms with Crippen LogP contribution < -0.4 is 10.3 Å². The predicted octanol–water partition coefficient (Wildman–Crippen LogP) is 3.61. The van der Waals surface area contributed by atoms with Crippen LogP contribution >= 0.6 is 0 Å². The molecule has 5 heteroatoms. The lowest BCUT2D eigenvalue weighted by Gasteiger charge is -2.15. The molecule has 3 rings (SSSR count). The summed E-state index contributed by atoms with van der Waals surface area (Å²) in [5.74, 6) is 0.196. The number of carbonyl (C=O) groups excluding carboxylic acids is 1. The first-order valence-corrected chi connectivity index (χ1v) is 8.11. The summed E-state index contributed by atoms with van der Waals surface area (Å²) in [7, 11) is 2.91. The Hall–Kier alpha value is -3.34. The van der Waals surface area contributed by atoms with E-state index in [9.17, 15) is 9.59 Å². The minimum absolute atomic E-state index is 0.193. The number of hydrogen-bond acceptors (Lipinski definition) is 4. The molecule has 2 aromatic carbocycles. The normalized spacial score (nSPS) is 10.4. The summed E-state index contributed by atoms with van der Waals surface area (Å²) in [4.78, 5) is 25.4. The van der Waals surface area contributed by atoms with Crippen LogP contribution in [0.4, 0.5) is 0 Å². The van der Waals surface area contributed by atoms with Gasteiger partial charge in [-0.3, -0.25) is 9.36 Å². The number of carbonyl (C=O) groups is 1. The number of aromatic nitrogens is 1. The molecule has 0 aliphatic carbocycles. The molecule has 0 aliphatic heterocycles. The third-order valence-corrected chi connectivity index (χ3v) is 4.26. The van der Waals surface area contributed by atoms with Crippen LogP contribution in [0.2, 0.25) is 0 Å². The van der Waals surface area contributed by atoms with E-state index < -0.39 is 5.97 Å². The minimum Gasteiger partial charge on any atom is -0.497 e. The third kappa shape index (κ3) is 3.11. The highest BCUT2D eigenvalue weighted by Gasteiger charge is 2.20. The van der Waals surface area contributed by atoms with Gasteiger partial charge in [-0.05, 0) is 36.8 Å². The number of esters is 1. The van der Waals surface area contributed by atoms with Crippen LogP contribution in [0.5, 0.6) is 5.75 Å². The summed E-state index contributed by atoms with van der Waals surface area (Å²) in [6.45, 7) is 1.72. The molecular weight excluding hydrogens is 330 g/mol. The molecule has 0 N–H and O–H groups in total. The van der Waals surface area contributed by atoms with Gasteiger partial charge >= 0.3 is 5.97 Å². The molecule has 0 fully saturated rings. The highest BCUT2D eigenvalue weighted by molar-refractivity contribution is 5.97. The largest absolute Gasteiger partial charge is 0.497 e. The van der Waals surface area contributed by atoms with Crippen LogP contribution in [0, 0.1) is 6.92 Å². The van der Waals surface area contributed by atoms with Crippen molar-refractivity contribution in [2.24, 2.45) is 0 Å². The number of hydrogen-bond donors (Lipinski definition) is 0. The van der Waals surface area contributed by atoms with Crippen molar-refractivity contribution in [1.29, 1.82) is 0 Å². The molecule has 0 spiro atoms. The van der Waals surface area contributed by atoms with Crippen LogP contribution in [-0.4, -0.2) is 24.8 Å². The molecule has 0 amide bonds. The summed E-state index contributed by atoms with van der Waals surface area (Å²) in [5, 5.41) is 0. The summed E-state index contributed by atoms with van der Waals surface area (Å²) in [6, 6.07) is 16.4. The maximum Gasteiger partial charge on any atom is 0.340 e. The number of ether oxygens (including phenoxy) is 2. The van der Waals surface area contributed by atoms with E-state index in [1.807, 2.05) is 30.3 Å². The van der Waals surface area contributed by atoms with Crippen LogP contribution in [0.1, 0.15) is 15.9 Å². The van der Waals surface area contributed by atoms with Crippen molar-refractivity contribution in [2.75, 3.05) is 14.2 Å². The lowest BCUT2D eigenvalue weighted by Crippen LogP contribution is -2.24. The van der Waals surface area contributed by atoms with Crippen LogP contribution in [0.15, 0.2) is 65.6 Å². The molecule has 5 nitrogen and oxygen atoms in total. The smallest absolute Gasteiger partial charge is 0.340 e. The molecule has 1 heterocycles. The Morgan fingerprint density at radius 2 is 1.62 bits per heavy atom. The van der Waals surface area contributed by atoms with E-state index in [0.29, 0.717) is 28.1 Å². The zero-order valence-electron chi connectivity index (χ0n) is 14.9. The second-order valence-electron chi connectivity index (χ2n) is 5.77. The Morgan fingerprint density at radius 1 is 0.962 bits per heavy atom. The molecule has 0 saturated heterocycles. The average molecular weight is 349 g/mol. The topological polar surface area (TPSA) is 57.5 Å². The van der Waals surface area contributed by atoms with Crippen molar-refractivity contribution in [1.82, 2.24) is 4.57 Å². The number of pyridine rings is 1. The van der Waals surface area contributed by atoms with Crippen molar-refractivity contribution in [2.45, 2.75) is 6.92 Å². The summed E-state index contributed by atoms with van der Waals surface area (Å²) in [5.41, 5.74) is 2.66.